The fourth-order valence-electron chi connectivity index (χ4n) is 1.73. The largest absolute Gasteiger partial charge is 0.396 e. The van der Waals surface area contributed by atoms with Crippen LogP contribution in [0.3, 0.4) is 0 Å². The van der Waals surface area contributed by atoms with Gasteiger partial charge in [-0.2, -0.15) is 0 Å². The van der Waals surface area contributed by atoms with Crippen molar-refractivity contribution in [3.05, 3.63) is 58.1 Å². The maximum absolute atomic E-state index is 13.7. The number of carbonyl (C=O) groups is 1. The van der Waals surface area contributed by atoms with Crippen molar-refractivity contribution in [2.45, 2.75) is 6.92 Å². The predicted octanol–water partition coefficient (Wildman–Crippen LogP) is 3.76. The molecule has 0 aliphatic rings. The van der Waals surface area contributed by atoms with Crippen molar-refractivity contribution in [2.24, 2.45) is 0 Å². The predicted molar refractivity (Wildman–Crippen MR) is 74.9 cm³/mol. The van der Waals surface area contributed by atoms with Crippen molar-refractivity contribution >= 4 is 28.9 Å². The number of nitrogens with one attached hydrogen (secondary N) is 1. The Balaban J connectivity index is 2.33. The molecule has 0 heterocycles. The van der Waals surface area contributed by atoms with Gasteiger partial charge in [0.1, 0.15) is 5.82 Å². The Hall–Kier alpha value is -2.14. The van der Waals surface area contributed by atoms with Crippen LogP contribution in [0.4, 0.5) is 20.2 Å². The number of aryl methyl sites for hydroxylation is 1. The lowest BCUT2D eigenvalue weighted by atomic mass is 10.1. The molecular weight excluding hydrogens is 286 g/mol. The summed E-state index contributed by atoms with van der Waals surface area (Å²) in [7, 11) is 0. The summed E-state index contributed by atoms with van der Waals surface area (Å²) in [6.07, 6.45) is 0. The first kappa shape index (κ1) is 14.3. The quantitative estimate of drug-likeness (QED) is 0.829. The fraction of sp³-hybridized carbons (Fsp3) is 0.0714. The Labute approximate surface area is 119 Å². The third-order valence-corrected chi connectivity index (χ3v) is 2.98. The Kier molecular flexibility index (Phi) is 3.90. The van der Waals surface area contributed by atoms with Gasteiger partial charge in [0, 0.05) is 10.7 Å². The Morgan fingerprint density at radius 3 is 2.60 bits per heavy atom. The summed E-state index contributed by atoms with van der Waals surface area (Å²) in [5, 5.41) is 3.00. The summed E-state index contributed by atoms with van der Waals surface area (Å²) < 4.78 is 26.9. The summed E-state index contributed by atoms with van der Waals surface area (Å²) in [5.41, 5.74) is 5.59. The normalized spacial score (nSPS) is 10.4. The van der Waals surface area contributed by atoms with Crippen molar-refractivity contribution in [1.29, 1.82) is 0 Å². The van der Waals surface area contributed by atoms with Crippen molar-refractivity contribution in [2.75, 3.05) is 11.1 Å². The number of anilines is 2. The van der Waals surface area contributed by atoms with Crippen LogP contribution in [-0.2, 0) is 0 Å². The zero-order chi connectivity index (χ0) is 14.9. The number of amides is 1. The number of rotatable bonds is 2. The molecule has 3 nitrogen and oxygen atoms in total. The van der Waals surface area contributed by atoms with Crippen molar-refractivity contribution in [3.63, 3.8) is 0 Å². The maximum atomic E-state index is 13.7. The van der Waals surface area contributed by atoms with E-state index in [-0.39, 0.29) is 0 Å². The molecule has 0 aliphatic heterocycles. The molecule has 0 aromatic heterocycles. The lowest BCUT2D eigenvalue weighted by molar-refractivity contribution is 0.102. The zero-order valence-electron chi connectivity index (χ0n) is 10.5. The van der Waals surface area contributed by atoms with Gasteiger partial charge in [-0.25, -0.2) is 8.78 Å². The molecule has 2 aromatic rings. The van der Waals surface area contributed by atoms with Crippen LogP contribution in [-0.4, -0.2) is 5.91 Å². The summed E-state index contributed by atoms with van der Waals surface area (Å²) in [4.78, 5) is 12.0. The molecule has 0 bridgehead atoms. The van der Waals surface area contributed by atoms with E-state index in [2.05, 4.69) is 5.32 Å². The molecule has 1 amide bonds. The van der Waals surface area contributed by atoms with E-state index < -0.39 is 28.8 Å². The highest BCUT2D eigenvalue weighted by Gasteiger charge is 2.16. The molecule has 0 fully saturated rings. The first-order valence-electron chi connectivity index (χ1n) is 5.70. The molecule has 0 saturated heterocycles. The molecule has 2 aromatic carbocycles. The Morgan fingerprint density at radius 1 is 1.25 bits per heavy atom. The van der Waals surface area contributed by atoms with Gasteiger partial charge in [0.2, 0.25) is 0 Å². The van der Waals surface area contributed by atoms with Crippen LogP contribution >= 0.6 is 11.6 Å². The molecule has 0 unspecified atom stereocenters. The minimum atomic E-state index is -0.949. The molecule has 0 saturated carbocycles. The monoisotopic (exact) mass is 296 g/mol. The zero-order valence-corrected chi connectivity index (χ0v) is 11.3. The van der Waals surface area contributed by atoms with E-state index in [1.165, 1.54) is 0 Å². The standard InChI is InChI=1S/C14H11ClF2N2O/c1-7-4-8(15)2-3-12(7)19-14(20)10-5-9(16)6-11(18)13(10)17/h2-6H,18H2,1H3,(H,19,20). The summed E-state index contributed by atoms with van der Waals surface area (Å²) in [6.45, 7) is 1.73. The fourth-order valence-corrected chi connectivity index (χ4v) is 1.96. The molecule has 0 radical (unpaired) electrons. The summed E-state index contributed by atoms with van der Waals surface area (Å²) in [6, 6.07) is 6.43. The number of carbonyl (C=O) groups excluding carboxylic acids is 1. The third-order valence-electron chi connectivity index (χ3n) is 2.75. The van der Waals surface area contributed by atoms with Gasteiger partial charge >= 0.3 is 0 Å². The first-order valence-corrected chi connectivity index (χ1v) is 6.08. The number of hydrogen-bond acceptors (Lipinski definition) is 2. The lowest BCUT2D eigenvalue weighted by Crippen LogP contribution is -2.16. The van der Waals surface area contributed by atoms with Gasteiger partial charge in [0.25, 0.3) is 5.91 Å². The topological polar surface area (TPSA) is 55.1 Å². The van der Waals surface area contributed by atoms with Gasteiger partial charge in [-0.05, 0) is 42.8 Å². The van der Waals surface area contributed by atoms with Crippen LogP contribution in [0.15, 0.2) is 30.3 Å². The molecule has 2 rings (SSSR count). The van der Waals surface area contributed by atoms with Crippen LogP contribution in [0.2, 0.25) is 5.02 Å². The minimum Gasteiger partial charge on any atom is -0.396 e. The van der Waals surface area contributed by atoms with E-state index in [1.54, 1.807) is 25.1 Å². The van der Waals surface area contributed by atoms with Gasteiger partial charge in [0.05, 0.1) is 11.3 Å². The molecule has 20 heavy (non-hydrogen) atoms. The molecule has 6 heteroatoms. The van der Waals surface area contributed by atoms with Crippen LogP contribution < -0.4 is 11.1 Å². The van der Waals surface area contributed by atoms with E-state index in [9.17, 15) is 13.6 Å². The maximum Gasteiger partial charge on any atom is 0.258 e. The van der Waals surface area contributed by atoms with Gasteiger partial charge in [-0.15, -0.1) is 0 Å². The van der Waals surface area contributed by atoms with Gasteiger partial charge in [0.15, 0.2) is 5.82 Å². The lowest BCUT2D eigenvalue weighted by Gasteiger charge is -2.10. The van der Waals surface area contributed by atoms with E-state index in [0.29, 0.717) is 16.3 Å². The Morgan fingerprint density at radius 2 is 1.95 bits per heavy atom. The highest BCUT2D eigenvalue weighted by atomic mass is 35.5. The number of benzene rings is 2. The first-order chi connectivity index (χ1) is 9.38. The van der Waals surface area contributed by atoms with E-state index in [4.69, 9.17) is 17.3 Å². The van der Waals surface area contributed by atoms with Crippen LogP contribution in [0, 0.1) is 18.6 Å². The van der Waals surface area contributed by atoms with Crippen LogP contribution in [0.25, 0.3) is 0 Å². The van der Waals surface area contributed by atoms with Gasteiger partial charge < -0.3 is 11.1 Å². The molecule has 0 atom stereocenters. The molecular formula is C14H11ClF2N2O. The highest BCUT2D eigenvalue weighted by Crippen LogP contribution is 2.22. The van der Waals surface area contributed by atoms with Crippen molar-refractivity contribution < 1.29 is 13.6 Å². The second kappa shape index (κ2) is 5.46. The Bertz CT molecular complexity index is 689. The second-order valence-electron chi connectivity index (χ2n) is 4.27. The SMILES string of the molecule is Cc1cc(Cl)ccc1NC(=O)c1cc(F)cc(N)c1F. The average Bonchev–Trinajstić information content (AvgIpc) is 2.37. The minimum absolute atomic E-state index is 0.414. The van der Waals surface area contributed by atoms with E-state index >= 15 is 0 Å². The van der Waals surface area contributed by atoms with Crippen molar-refractivity contribution in [3.8, 4) is 0 Å². The number of nitrogen functional groups attached to an aromatic ring is 1. The number of halogens is 3. The number of nitrogens with two attached hydrogens (primary N) is 1. The summed E-state index contributed by atoms with van der Waals surface area (Å²) >= 11 is 5.80. The van der Waals surface area contributed by atoms with Gasteiger partial charge in [-0.3, -0.25) is 4.79 Å². The molecule has 3 N–H and O–H groups in total. The summed E-state index contributed by atoms with van der Waals surface area (Å²) in [5.74, 6) is -2.50. The van der Waals surface area contributed by atoms with E-state index in [0.717, 1.165) is 12.1 Å². The molecule has 0 aliphatic carbocycles. The second-order valence-corrected chi connectivity index (χ2v) is 4.71. The van der Waals surface area contributed by atoms with Crippen LogP contribution in [0.1, 0.15) is 15.9 Å². The highest BCUT2D eigenvalue weighted by molar-refractivity contribution is 6.30. The number of hydrogen-bond donors (Lipinski definition) is 2. The third kappa shape index (κ3) is 2.88. The van der Waals surface area contributed by atoms with E-state index in [1.807, 2.05) is 0 Å². The van der Waals surface area contributed by atoms with Crippen LogP contribution in [0.5, 0.6) is 0 Å². The average molecular weight is 297 g/mol. The van der Waals surface area contributed by atoms with Gasteiger partial charge in [-0.1, -0.05) is 11.6 Å². The van der Waals surface area contributed by atoms with Crippen molar-refractivity contribution in [1.82, 2.24) is 0 Å². The molecule has 0 spiro atoms. The smallest absolute Gasteiger partial charge is 0.258 e. The molecule has 104 valence electrons.